The summed E-state index contributed by atoms with van der Waals surface area (Å²) in [5.74, 6) is 0.463. The molecule has 1 aliphatic rings. The molecule has 0 spiro atoms. The zero-order chi connectivity index (χ0) is 15.3. The first kappa shape index (κ1) is 16.5. The minimum atomic E-state index is -3.42. The van der Waals surface area contributed by atoms with Gasteiger partial charge in [-0.2, -0.15) is 0 Å². The predicted octanol–water partition coefficient (Wildman–Crippen LogP) is 2.43. The maximum atomic E-state index is 12.5. The Labute approximate surface area is 128 Å². The van der Waals surface area contributed by atoms with Crippen molar-refractivity contribution in [1.82, 2.24) is 4.72 Å². The normalized spacial score (nSPS) is 23.1. The number of nitrogens with one attached hydrogen (secondary N) is 1. The smallest absolute Gasteiger partial charge is 0.240 e. The SMILES string of the molecule is CCC1CCCCC1NS(=O)(=O)c1ccc(CCN)cc1. The Morgan fingerprint density at radius 3 is 2.48 bits per heavy atom. The fourth-order valence-corrected chi connectivity index (χ4v) is 4.46. The second-order valence-electron chi connectivity index (χ2n) is 5.86. The molecule has 1 aromatic rings. The number of benzene rings is 1. The predicted molar refractivity (Wildman–Crippen MR) is 85.6 cm³/mol. The summed E-state index contributed by atoms with van der Waals surface area (Å²) in [6.45, 7) is 2.71. The number of hydrogen-bond acceptors (Lipinski definition) is 3. The molecule has 2 atom stereocenters. The molecular formula is C16H26N2O2S. The standard InChI is InChI=1S/C16H26N2O2S/c1-2-14-5-3-4-6-16(14)18-21(19,20)15-9-7-13(8-10-15)11-12-17/h7-10,14,16,18H,2-6,11-12,17H2,1H3. The van der Waals surface area contributed by atoms with Crippen LogP contribution < -0.4 is 10.5 Å². The van der Waals surface area contributed by atoms with Gasteiger partial charge >= 0.3 is 0 Å². The summed E-state index contributed by atoms with van der Waals surface area (Å²) in [7, 11) is -3.42. The molecule has 1 aromatic carbocycles. The lowest BCUT2D eigenvalue weighted by molar-refractivity contribution is 0.282. The van der Waals surface area contributed by atoms with Crippen molar-refractivity contribution in [2.75, 3.05) is 6.54 Å². The largest absolute Gasteiger partial charge is 0.330 e. The van der Waals surface area contributed by atoms with Gasteiger partial charge < -0.3 is 5.73 Å². The second kappa shape index (κ2) is 7.38. The molecule has 1 aliphatic carbocycles. The van der Waals surface area contributed by atoms with E-state index in [1.54, 1.807) is 12.1 Å². The molecule has 1 fully saturated rings. The molecule has 0 amide bonds. The quantitative estimate of drug-likeness (QED) is 0.847. The molecule has 0 aromatic heterocycles. The van der Waals surface area contributed by atoms with Gasteiger partial charge in [0.2, 0.25) is 10.0 Å². The van der Waals surface area contributed by atoms with Crippen molar-refractivity contribution >= 4 is 10.0 Å². The van der Waals surface area contributed by atoms with E-state index in [1.165, 1.54) is 6.42 Å². The molecule has 0 aliphatic heterocycles. The molecule has 1 saturated carbocycles. The highest BCUT2D eigenvalue weighted by Gasteiger charge is 2.28. The minimum Gasteiger partial charge on any atom is -0.330 e. The lowest BCUT2D eigenvalue weighted by Crippen LogP contribution is -2.41. The van der Waals surface area contributed by atoms with Gasteiger partial charge in [0.25, 0.3) is 0 Å². The molecular weight excluding hydrogens is 284 g/mol. The zero-order valence-electron chi connectivity index (χ0n) is 12.7. The molecule has 3 N–H and O–H groups in total. The van der Waals surface area contributed by atoms with Gasteiger partial charge in [-0.25, -0.2) is 13.1 Å². The van der Waals surface area contributed by atoms with Crippen LogP contribution >= 0.6 is 0 Å². The summed E-state index contributed by atoms with van der Waals surface area (Å²) in [6, 6.07) is 7.13. The van der Waals surface area contributed by atoms with Crippen LogP contribution in [0.2, 0.25) is 0 Å². The second-order valence-corrected chi connectivity index (χ2v) is 7.58. The fourth-order valence-electron chi connectivity index (χ4n) is 3.12. The molecule has 0 heterocycles. The van der Waals surface area contributed by atoms with Crippen molar-refractivity contribution in [2.45, 2.75) is 56.4 Å². The van der Waals surface area contributed by atoms with Gasteiger partial charge in [-0.15, -0.1) is 0 Å². The Balaban J connectivity index is 2.10. The van der Waals surface area contributed by atoms with Crippen LogP contribution in [0.3, 0.4) is 0 Å². The van der Waals surface area contributed by atoms with E-state index in [0.717, 1.165) is 37.7 Å². The van der Waals surface area contributed by atoms with Crippen LogP contribution in [-0.4, -0.2) is 21.0 Å². The Hall–Kier alpha value is -0.910. The molecule has 0 bridgehead atoms. The van der Waals surface area contributed by atoms with Gasteiger partial charge in [-0.05, 0) is 49.4 Å². The van der Waals surface area contributed by atoms with Crippen molar-refractivity contribution < 1.29 is 8.42 Å². The summed E-state index contributed by atoms with van der Waals surface area (Å²) < 4.78 is 27.9. The Kier molecular flexibility index (Phi) is 5.79. The number of rotatable bonds is 6. The van der Waals surface area contributed by atoms with Crippen molar-refractivity contribution in [3.8, 4) is 0 Å². The highest BCUT2D eigenvalue weighted by Crippen LogP contribution is 2.28. The highest BCUT2D eigenvalue weighted by atomic mass is 32.2. The van der Waals surface area contributed by atoms with Crippen LogP contribution in [-0.2, 0) is 16.4 Å². The maximum Gasteiger partial charge on any atom is 0.240 e. The van der Waals surface area contributed by atoms with Crippen LogP contribution in [0.1, 0.15) is 44.6 Å². The molecule has 2 unspecified atom stereocenters. The first-order valence-corrected chi connectivity index (χ1v) is 9.36. The highest BCUT2D eigenvalue weighted by molar-refractivity contribution is 7.89. The van der Waals surface area contributed by atoms with E-state index in [0.29, 0.717) is 17.4 Å². The Morgan fingerprint density at radius 2 is 1.86 bits per heavy atom. The third-order valence-corrected chi connectivity index (χ3v) is 5.91. The fraction of sp³-hybridized carbons (Fsp3) is 0.625. The van der Waals surface area contributed by atoms with Crippen LogP contribution in [0, 0.1) is 5.92 Å². The van der Waals surface area contributed by atoms with Gasteiger partial charge in [0, 0.05) is 6.04 Å². The summed E-state index contributed by atoms with van der Waals surface area (Å²) >= 11 is 0. The molecule has 118 valence electrons. The number of hydrogen-bond donors (Lipinski definition) is 2. The average molecular weight is 310 g/mol. The molecule has 21 heavy (non-hydrogen) atoms. The third-order valence-electron chi connectivity index (χ3n) is 4.41. The molecule has 0 radical (unpaired) electrons. The van der Waals surface area contributed by atoms with E-state index < -0.39 is 10.0 Å². The van der Waals surface area contributed by atoms with E-state index in [4.69, 9.17) is 5.73 Å². The van der Waals surface area contributed by atoms with Crippen LogP contribution in [0.5, 0.6) is 0 Å². The summed E-state index contributed by atoms with van der Waals surface area (Å²) in [5, 5.41) is 0. The monoisotopic (exact) mass is 310 g/mol. The van der Waals surface area contributed by atoms with E-state index in [9.17, 15) is 8.42 Å². The van der Waals surface area contributed by atoms with Crippen molar-refractivity contribution in [2.24, 2.45) is 11.7 Å². The van der Waals surface area contributed by atoms with Crippen LogP contribution in [0.4, 0.5) is 0 Å². The summed E-state index contributed by atoms with van der Waals surface area (Å²) in [6.07, 6.45) is 6.20. The minimum absolute atomic E-state index is 0.0810. The van der Waals surface area contributed by atoms with E-state index in [-0.39, 0.29) is 6.04 Å². The Morgan fingerprint density at radius 1 is 1.19 bits per heavy atom. The Bertz CT molecular complexity index is 540. The first-order chi connectivity index (χ1) is 10.1. The third kappa shape index (κ3) is 4.28. The maximum absolute atomic E-state index is 12.5. The number of sulfonamides is 1. The zero-order valence-corrected chi connectivity index (χ0v) is 13.5. The first-order valence-electron chi connectivity index (χ1n) is 7.88. The van der Waals surface area contributed by atoms with Crippen molar-refractivity contribution in [3.05, 3.63) is 29.8 Å². The molecule has 4 nitrogen and oxygen atoms in total. The van der Waals surface area contributed by atoms with E-state index >= 15 is 0 Å². The van der Waals surface area contributed by atoms with Gasteiger partial charge in [0.1, 0.15) is 0 Å². The van der Waals surface area contributed by atoms with Crippen molar-refractivity contribution in [3.63, 3.8) is 0 Å². The van der Waals surface area contributed by atoms with Gasteiger partial charge in [0.05, 0.1) is 4.90 Å². The molecule has 2 rings (SSSR count). The van der Waals surface area contributed by atoms with Gasteiger partial charge in [0.15, 0.2) is 0 Å². The van der Waals surface area contributed by atoms with Gasteiger partial charge in [-0.3, -0.25) is 0 Å². The van der Waals surface area contributed by atoms with E-state index in [1.807, 2.05) is 12.1 Å². The lowest BCUT2D eigenvalue weighted by Gasteiger charge is -2.31. The summed E-state index contributed by atoms with van der Waals surface area (Å²) in [5.41, 5.74) is 6.58. The van der Waals surface area contributed by atoms with Crippen LogP contribution in [0.15, 0.2) is 29.2 Å². The average Bonchev–Trinajstić information content (AvgIpc) is 2.48. The van der Waals surface area contributed by atoms with E-state index in [2.05, 4.69) is 11.6 Å². The van der Waals surface area contributed by atoms with Crippen LogP contribution in [0.25, 0.3) is 0 Å². The summed E-state index contributed by atoms with van der Waals surface area (Å²) in [4.78, 5) is 0.351. The lowest BCUT2D eigenvalue weighted by atomic mass is 9.83. The molecule has 0 saturated heterocycles. The molecule has 5 heteroatoms. The van der Waals surface area contributed by atoms with Gasteiger partial charge in [-0.1, -0.05) is 38.3 Å². The topological polar surface area (TPSA) is 72.2 Å². The van der Waals surface area contributed by atoms with Crippen molar-refractivity contribution in [1.29, 1.82) is 0 Å². The number of nitrogens with two attached hydrogens (primary N) is 1.